The van der Waals surface area contributed by atoms with Gasteiger partial charge in [0, 0.05) is 6.54 Å². The number of thiophene rings is 1. The number of nitrogens with zero attached hydrogens (tertiary/aromatic N) is 1. The lowest BCUT2D eigenvalue weighted by atomic mass is 10.2. The second kappa shape index (κ2) is 6.08. The van der Waals surface area contributed by atoms with Crippen LogP contribution < -0.4 is 10.9 Å². The van der Waals surface area contributed by atoms with Crippen molar-refractivity contribution in [3.05, 3.63) is 27.6 Å². The Bertz CT molecular complexity index is 564. The van der Waals surface area contributed by atoms with Crippen LogP contribution in [0.4, 0.5) is 0 Å². The Morgan fingerprint density at radius 3 is 3.22 bits per heavy atom. The smallest absolute Gasteiger partial charge is 0.268 e. The molecule has 0 aliphatic heterocycles. The molecule has 6 heteroatoms. The Balaban J connectivity index is 1.97. The van der Waals surface area contributed by atoms with Crippen LogP contribution in [0, 0.1) is 0 Å². The summed E-state index contributed by atoms with van der Waals surface area (Å²) < 4.78 is 0.657. The number of rotatable bonds is 6. The number of hydrogen-bond donors (Lipinski definition) is 3. The molecule has 2 rings (SSSR count). The molecule has 0 radical (unpaired) electrons. The van der Waals surface area contributed by atoms with E-state index in [9.17, 15) is 9.90 Å². The molecule has 0 saturated heterocycles. The van der Waals surface area contributed by atoms with E-state index in [0.717, 1.165) is 18.4 Å². The molecular weight excluding hydrogens is 250 g/mol. The highest BCUT2D eigenvalue weighted by atomic mass is 32.1. The maximum absolute atomic E-state index is 11.7. The average Bonchev–Trinajstić information content (AvgIpc) is 2.78. The Morgan fingerprint density at radius 1 is 1.61 bits per heavy atom. The van der Waals surface area contributed by atoms with E-state index in [1.165, 1.54) is 11.3 Å². The zero-order valence-electron chi connectivity index (χ0n) is 10.3. The third-order valence-electron chi connectivity index (χ3n) is 2.66. The molecule has 0 amide bonds. The maximum Gasteiger partial charge on any atom is 0.268 e. The van der Waals surface area contributed by atoms with Gasteiger partial charge < -0.3 is 15.4 Å². The fourth-order valence-corrected chi connectivity index (χ4v) is 2.52. The zero-order chi connectivity index (χ0) is 13.0. The largest absolute Gasteiger partial charge is 0.392 e. The Hall–Kier alpha value is -1.24. The van der Waals surface area contributed by atoms with Crippen LogP contribution in [0.25, 0.3) is 10.2 Å². The molecule has 18 heavy (non-hydrogen) atoms. The van der Waals surface area contributed by atoms with Gasteiger partial charge in [-0.15, -0.1) is 11.3 Å². The molecule has 0 aliphatic rings. The standard InChI is InChI=1S/C12H17N3O2S/c1-2-3-8(16)6-13-7-10-14-9-4-5-18-11(9)12(17)15-10/h4-5,8,13,16H,2-3,6-7H2,1H3,(H,14,15,17). The van der Waals surface area contributed by atoms with Gasteiger partial charge in [0.2, 0.25) is 0 Å². The summed E-state index contributed by atoms with van der Waals surface area (Å²) in [6, 6.07) is 1.84. The highest BCUT2D eigenvalue weighted by molar-refractivity contribution is 7.17. The third-order valence-corrected chi connectivity index (χ3v) is 3.56. The molecule has 1 atom stereocenters. The Labute approximate surface area is 109 Å². The third kappa shape index (κ3) is 3.16. The van der Waals surface area contributed by atoms with Gasteiger partial charge >= 0.3 is 0 Å². The van der Waals surface area contributed by atoms with E-state index in [2.05, 4.69) is 15.3 Å². The molecule has 98 valence electrons. The van der Waals surface area contributed by atoms with Crippen LogP contribution in [0.15, 0.2) is 16.2 Å². The van der Waals surface area contributed by atoms with Crippen molar-refractivity contribution < 1.29 is 5.11 Å². The zero-order valence-corrected chi connectivity index (χ0v) is 11.1. The van der Waals surface area contributed by atoms with Gasteiger partial charge in [0.1, 0.15) is 10.5 Å². The summed E-state index contributed by atoms with van der Waals surface area (Å²) in [5.74, 6) is 0.606. The predicted molar refractivity (Wildman–Crippen MR) is 72.9 cm³/mol. The van der Waals surface area contributed by atoms with Gasteiger partial charge in [-0.3, -0.25) is 4.79 Å². The number of aromatic amines is 1. The first-order chi connectivity index (χ1) is 8.70. The molecule has 5 nitrogen and oxygen atoms in total. The van der Waals surface area contributed by atoms with Crippen molar-refractivity contribution in [3.63, 3.8) is 0 Å². The van der Waals surface area contributed by atoms with E-state index in [0.29, 0.717) is 23.6 Å². The van der Waals surface area contributed by atoms with Crippen LogP contribution in [0.5, 0.6) is 0 Å². The minimum Gasteiger partial charge on any atom is -0.392 e. The number of aliphatic hydroxyl groups is 1. The summed E-state index contributed by atoms with van der Waals surface area (Å²) in [6.07, 6.45) is 1.39. The fraction of sp³-hybridized carbons (Fsp3) is 0.500. The molecule has 0 bridgehead atoms. The molecule has 0 fully saturated rings. The first-order valence-electron chi connectivity index (χ1n) is 6.06. The summed E-state index contributed by atoms with van der Waals surface area (Å²) in [6.45, 7) is 3.01. The van der Waals surface area contributed by atoms with E-state index >= 15 is 0 Å². The minimum absolute atomic E-state index is 0.0964. The van der Waals surface area contributed by atoms with Gasteiger partial charge in [-0.2, -0.15) is 0 Å². The summed E-state index contributed by atoms with van der Waals surface area (Å²) in [4.78, 5) is 18.8. The van der Waals surface area contributed by atoms with Crippen molar-refractivity contribution in [2.75, 3.05) is 6.54 Å². The topological polar surface area (TPSA) is 78.0 Å². The summed E-state index contributed by atoms with van der Waals surface area (Å²) in [5, 5.41) is 14.5. The van der Waals surface area contributed by atoms with Gasteiger partial charge in [-0.05, 0) is 17.9 Å². The van der Waals surface area contributed by atoms with Crippen molar-refractivity contribution in [1.82, 2.24) is 15.3 Å². The summed E-state index contributed by atoms with van der Waals surface area (Å²) >= 11 is 1.39. The molecule has 3 N–H and O–H groups in total. The van der Waals surface area contributed by atoms with Crippen LogP contribution in [-0.2, 0) is 6.54 Å². The summed E-state index contributed by atoms with van der Waals surface area (Å²) in [5.41, 5.74) is 0.635. The van der Waals surface area contributed by atoms with Gasteiger partial charge in [-0.25, -0.2) is 4.98 Å². The van der Waals surface area contributed by atoms with Crippen LogP contribution in [0.2, 0.25) is 0 Å². The fourth-order valence-electron chi connectivity index (χ4n) is 1.80. The van der Waals surface area contributed by atoms with E-state index in [1.807, 2.05) is 18.4 Å². The van der Waals surface area contributed by atoms with E-state index in [1.54, 1.807) is 0 Å². The van der Waals surface area contributed by atoms with Gasteiger partial charge in [-0.1, -0.05) is 13.3 Å². The van der Waals surface area contributed by atoms with Crippen LogP contribution in [0.1, 0.15) is 25.6 Å². The number of aromatic nitrogens is 2. The van der Waals surface area contributed by atoms with Gasteiger partial charge in [0.15, 0.2) is 0 Å². The molecule has 0 saturated carbocycles. The molecule has 1 unspecified atom stereocenters. The molecule has 0 spiro atoms. The highest BCUT2D eigenvalue weighted by Crippen LogP contribution is 2.13. The number of H-pyrrole nitrogens is 1. The normalized spacial score (nSPS) is 13.0. The SMILES string of the molecule is CCCC(O)CNCc1nc2ccsc2c(=O)[nH]1. The minimum atomic E-state index is -0.341. The molecule has 2 heterocycles. The lowest BCUT2D eigenvalue weighted by Gasteiger charge is -2.10. The van der Waals surface area contributed by atoms with Crippen molar-refractivity contribution in [2.45, 2.75) is 32.4 Å². The van der Waals surface area contributed by atoms with Crippen molar-refractivity contribution in [2.24, 2.45) is 0 Å². The Kier molecular flexibility index (Phi) is 4.46. The molecule has 0 aromatic carbocycles. The Morgan fingerprint density at radius 2 is 2.44 bits per heavy atom. The number of aliphatic hydroxyl groups excluding tert-OH is 1. The number of fused-ring (bicyclic) bond motifs is 1. The molecule has 2 aromatic heterocycles. The molecule has 2 aromatic rings. The maximum atomic E-state index is 11.7. The van der Waals surface area contributed by atoms with Gasteiger partial charge in [0.05, 0.1) is 18.2 Å². The predicted octanol–water partition coefficient (Wildman–Crippen LogP) is 1.24. The second-order valence-corrected chi connectivity index (χ2v) is 5.14. The molecular formula is C12H17N3O2S. The van der Waals surface area contributed by atoms with Crippen LogP contribution in [0.3, 0.4) is 0 Å². The second-order valence-electron chi connectivity index (χ2n) is 4.22. The van der Waals surface area contributed by atoms with E-state index < -0.39 is 0 Å². The molecule has 0 aliphatic carbocycles. The number of hydrogen-bond acceptors (Lipinski definition) is 5. The quantitative estimate of drug-likeness (QED) is 0.735. The lowest BCUT2D eigenvalue weighted by molar-refractivity contribution is 0.160. The monoisotopic (exact) mass is 267 g/mol. The van der Waals surface area contributed by atoms with Crippen molar-refractivity contribution in [1.29, 1.82) is 0 Å². The van der Waals surface area contributed by atoms with Gasteiger partial charge in [0.25, 0.3) is 5.56 Å². The van der Waals surface area contributed by atoms with Crippen LogP contribution >= 0.6 is 11.3 Å². The first kappa shape index (κ1) is 13.2. The van der Waals surface area contributed by atoms with E-state index in [4.69, 9.17) is 0 Å². The van der Waals surface area contributed by atoms with E-state index in [-0.39, 0.29) is 11.7 Å². The first-order valence-corrected chi connectivity index (χ1v) is 6.94. The lowest BCUT2D eigenvalue weighted by Crippen LogP contribution is -2.27. The van der Waals surface area contributed by atoms with Crippen molar-refractivity contribution >= 4 is 21.6 Å². The van der Waals surface area contributed by atoms with Crippen molar-refractivity contribution in [3.8, 4) is 0 Å². The highest BCUT2D eigenvalue weighted by Gasteiger charge is 2.06. The summed E-state index contributed by atoms with van der Waals surface area (Å²) in [7, 11) is 0. The average molecular weight is 267 g/mol. The number of nitrogens with one attached hydrogen (secondary N) is 2. The van der Waals surface area contributed by atoms with Crippen LogP contribution in [-0.4, -0.2) is 27.7 Å².